The molecule has 0 aliphatic heterocycles. The van der Waals surface area contributed by atoms with Crippen molar-refractivity contribution >= 4 is 23.2 Å². The van der Waals surface area contributed by atoms with Crippen molar-refractivity contribution < 1.29 is 9.59 Å². The third-order valence-electron chi connectivity index (χ3n) is 5.38. The minimum absolute atomic E-state index is 0.00788. The van der Waals surface area contributed by atoms with Crippen LogP contribution in [0, 0.1) is 13.8 Å². The number of anilines is 2. The second-order valence-corrected chi connectivity index (χ2v) is 7.88. The Kier molecular flexibility index (Phi) is 7.04. The molecule has 154 valence electrons. The predicted molar refractivity (Wildman–Crippen MR) is 118 cm³/mol. The van der Waals surface area contributed by atoms with Gasteiger partial charge in [0.1, 0.15) is 0 Å². The van der Waals surface area contributed by atoms with E-state index in [4.69, 9.17) is 0 Å². The third kappa shape index (κ3) is 6.16. The molecule has 0 saturated heterocycles. The topological polar surface area (TPSA) is 61.4 Å². The third-order valence-corrected chi connectivity index (χ3v) is 5.38. The molecule has 29 heavy (non-hydrogen) atoms. The Balaban J connectivity index is 1.53. The van der Waals surface area contributed by atoms with Gasteiger partial charge in [-0.25, -0.2) is 0 Å². The number of aryl methyl sites for hydroxylation is 3. The molecule has 0 radical (unpaired) electrons. The van der Waals surface area contributed by atoms with E-state index in [1.165, 1.54) is 0 Å². The number of hydrogen-bond donors (Lipinski definition) is 2. The Morgan fingerprint density at radius 1 is 1.00 bits per heavy atom. The van der Waals surface area contributed by atoms with Crippen LogP contribution >= 0.6 is 0 Å². The fraction of sp³-hybridized carbons (Fsp3) is 0.417. The number of hydrogen-bond acceptors (Lipinski definition) is 3. The fourth-order valence-corrected chi connectivity index (χ4v) is 3.48. The number of para-hydroxylation sites is 1. The summed E-state index contributed by atoms with van der Waals surface area (Å²) < 4.78 is 0. The summed E-state index contributed by atoms with van der Waals surface area (Å²) in [5.74, 6) is -0.0335. The summed E-state index contributed by atoms with van der Waals surface area (Å²) >= 11 is 0. The van der Waals surface area contributed by atoms with E-state index in [2.05, 4.69) is 22.5 Å². The van der Waals surface area contributed by atoms with Crippen molar-refractivity contribution in [2.24, 2.45) is 0 Å². The summed E-state index contributed by atoms with van der Waals surface area (Å²) in [6.45, 7) is 6.99. The molecule has 0 unspecified atom stereocenters. The number of nitrogens with zero attached hydrogens (tertiary/aromatic N) is 1. The normalized spacial score (nSPS) is 13.4. The smallest absolute Gasteiger partial charge is 0.238 e. The number of benzene rings is 2. The van der Waals surface area contributed by atoms with Crippen molar-refractivity contribution in [1.29, 1.82) is 0 Å². The molecule has 2 amide bonds. The SMILES string of the molecule is CCc1ccccc1NC(=O)CCN(CC(=O)Nc1cc(C)ccc1C)C1CC1. The van der Waals surface area contributed by atoms with Gasteiger partial charge in [-0.1, -0.05) is 37.3 Å². The van der Waals surface area contributed by atoms with Gasteiger partial charge in [-0.15, -0.1) is 0 Å². The number of amides is 2. The molecule has 5 nitrogen and oxygen atoms in total. The van der Waals surface area contributed by atoms with Crippen LogP contribution in [-0.2, 0) is 16.0 Å². The van der Waals surface area contributed by atoms with Crippen molar-refractivity contribution in [1.82, 2.24) is 4.90 Å². The zero-order valence-electron chi connectivity index (χ0n) is 17.6. The first kappa shape index (κ1) is 21.1. The molecule has 1 aliphatic rings. The lowest BCUT2D eigenvalue weighted by Gasteiger charge is -2.21. The average Bonchev–Trinajstić information content (AvgIpc) is 3.53. The Hall–Kier alpha value is -2.66. The van der Waals surface area contributed by atoms with Gasteiger partial charge in [-0.3, -0.25) is 14.5 Å². The first-order valence-corrected chi connectivity index (χ1v) is 10.4. The number of rotatable bonds is 9. The van der Waals surface area contributed by atoms with E-state index in [-0.39, 0.29) is 11.8 Å². The second-order valence-electron chi connectivity index (χ2n) is 7.88. The largest absolute Gasteiger partial charge is 0.326 e. The van der Waals surface area contributed by atoms with E-state index in [1.54, 1.807) is 0 Å². The van der Waals surface area contributed by atoms with E-state index in [0.717, 1.165) is 47.3 Å². The van der Waals surface area contributed by atoms with Gasteiger partial charge in [0.2, 0.25) is 11.8 Å². The average molecular weight is 394 g/mol. The van der Waals surface area contributed by atoms with Crippen molar-refractivity contribution in [2.45, 2.75) is 52.5 Å². The molecule has 1 saturated carbocycles. The van der Waals surface area contributed by atoms with Crippen molar-refractivity contribution in [2.75, 3.05) is 23.7 Å². The van der Waals surface area contributed by atoms with Crippen LogP contribution in [0.4, 0.5) is 11.4 Å². The maximum absolute atomic E-state index is 12.6. The highest BCUT2D eigenvalue weighted by molar-refractivity contribution is 5.93. The molecule has 2 aromatic carbocycles. The van der Waals surface area contributed by atoms with Gasteiger partial charge in [-0.05, 0) is 61.9 Å². The zero-order chi connectivity index (χ0) is 20.8. The lowest BCUT2D eigenvalue weighted by molar-refractivity contribution is -0.119. The lowest BCUT2D eigenvalue weighted by atomic mass is 10.1. The molecule has 0 heterocycles. The molecule has 3 rings (SSSR count). The van der Waals surface area contributed by atoms with E-state index < -0.39 is 0 Å². The van der Waals surface area contributed by atoms with E-state index in [1.807, 2.05) is 56.3 Å². The molecule has 0 atom stereocenters. The standard InChI is InChI=1S/C24H31N3O2/c1-4-19-7-5-6-8-21(19)25-23(28)13-14-27(20-11-12-20)16-24(29)26-22-15-17(2)9-10-18(22)3/h5-10,15,20H,4,11-14,16H2,1-3H3,(H,25,28)(H,26,29). The molecular weight excluding hydrogens is 362 g/mol. The van der Waals surface area contributed by atoms with Gasteiger partial charge in [0.05, 0.1) is 6.54 Å². The Morgan fingerprint density at radius 3 is 2.45 bits per heavy atom. The van der Waals surface area contributed by atoms with Crippen LogP contribution in [0.25, 0.3) is 0 Å². The molecular formula is C24H31N3O2. The van der Waals surface area contributed by atoms with Gasteiger partial charge in [0, 0.05) is 30.4 Å². The minimum atomic E-state index is -0.0256. The minimum Gasteiger partial charge on any atom is -0.326 e. The molecule has 2 aromatic rings. The number of nitrogens with one attached hydrogen (secondary N) is 2. The summed E-state index contributed by atoms with van der Waals surface area (Å²) in [6.07, 6.45) is 3.45. The summed E-state index contributed by atoms with van der Waals surface area (Å²) in [5.41, 5.74) is 5.04. The van der Waals surface area contributed by atoms with Crippen LogP contribution in [0.15, 0.2) is 42.5 Å². The molecule has 0 aromatic heterocycles. The van der Waals surface area contributed by atoms with Gasteiger partial charge >= 0.3 is 0 Å². The van der Waals surface area contributed by atoms with Gasteiger partial charge in [-0.2, -0.15) is 0 Å². The summed E-state index contributed by atoms with van der Waals surface area (Å²) in [5, 5.41) is 6.04. The first-order valence-electron chi connectivity index (χ1n) is 10.4. The zero-order valence-corrected chi connectivity index (χ0v) is 17.6. The first-order chi connectivity index (χ1) is 14.0. The highest BCUT2D eigenvalue weighted by Crippen LogP contribution is 2.27. The summed E-state index contributed by atoms with van der Waals surface area (Å²) in [7, 11) is 0. The van der Waals surface area contributed by atoms with Crippen LogP contribution in [0.2, 0.25) is 0 Å². The molecule has 2 N–H and O–H groups in total. The van der Waals surface area contributed by atoms with Crippen molar-refractivity contribution in [3.05, 3.63) is 59.2 Å². The molecule has 0 spiro atoms. The van der Waals surface area contributed by atoms with E-state index in [0.29, 0.717) is 25.6 Å². The molecule has 1 fully saturated rings. The van der Waals surface area contributed by atoms with Crippen LogP contribution < -0.4 is 10.6 Å². The van der Waals surface area contributed by atoms with Gasteiger partial charge in [0.25, 0.3) is 0 Å². The Labute approximate surface area is 173 Å². The molecule has 0 bridgehead atoms. The Morgan fingerprint density at radius 2 is 1.72 bits per heavy atom. The second kappa shape index (κ2) is 9.70. The molecule has 1 aliphatic carbocycles. The van der Waals surface area contributed by atoms with Gasteiger partial charge < -0.3 is 10.6 Å². The Bertz CT molecular complexity index is 874. The predicted octanol–water partition coefficient (Wildman–Crippen LogP) is 4.30. The van der Waals surface area contributed by atoms with Gasteiger partial charge in [0.15, 0.2) is 0 Å². The van der Waals surface area contributed by atoms with Crippen LogP contribution in [-0.4, -0.2) is 35.8 Å². The summed E-state index contributed by atoms with van der Waals surface area (Å²) in [6, 6.07) is 14.3. The monoisotopic (exact) mass is 393 g/mol. The van der Waals surface area contributed by atoms with Crippen LogP contribution in [0.1, 0.15) is 42.9 Å². The number of carbonyl (C=O) groups is 2. The van der Waals surface area contributed by atoms with Crippen LogP contribution in [0.5, 0.6) is 0 Å². The van der Waals surface area contributed by atoms with E-state index in [9.17, 15) is 9.59 Å². The maximum Gasteiger partial charge on any atom is 0.238 e. The van der Waals surface area contributed by atoms with Crippen molar-refractivity contribution in [3.8, 4) is 0 Å². The number of carbonyl (C=O) groups excluding carboxylic acids is 2. The lowest BCUT2D eigenvalue weighted by Crippen LogP contribution is -2.37. The summed E-state index contributed by atoms with van der Waals surface area (Å²) in [4.78, 5) is 27.2. The fourth-order valence-electron chi connectivity index (χ4n) is 3.48. The van der Waals surface area contributed by atoms with Crippen LogP contribution in [0.3, 0.4) is 0 Å². The van der Waals surface area contributed by atoms with Crippen molar-refractivity contribution in [3.63, 3.8) is 0 Å². The highest BCUT2D eigenvalue weighted by atomic mass is 16.2. The quantitative estimate of drug-likeness (QED) is 0.668. The molecule has 5 heteroatoms. The maximum atomic E-state index is 12.6. The highest BCUT2D eigenvalue weighted by Gasteiger charge is 2.30. The van der Waals surface area contributed by atoms with E-state index >= 15 is 0 Å².